The van der Waals surface area contributed by atoms with Gasteiger partial charge in [0.15, 0.2) is 0 Å². The van der Waals surface area contributed by atoms with Gasteiger partial charge in [0.1, 0.15) is 17.3 Å². The number of aryl methyl sites for hydroxylation is 1. The van der Waals surface area contributed by atoms with Crippen LogP contribution < -0.4 is 4.74 Å². The van der Waals surface area contributed by atoms with Gasteiger partial charge in [-0.1, -0.05) is 32.0 Å². The number of amides is 1. The largest absolute Gasteiger partial charge is 0.465 e. The monoisotopic (exact) mass is 596 g/mol. The molecule has 44 heavy (non-hydrogen) atoms. The third-order valence-corrected chi connectivity index (χ3v) is 8.63. The molecule has 0 N–H and O–H groups in total. The zero-order chi connectivity index (χ0) is 30.8. The van der Waals surface area contributed by atoms with Crippen LogP contribution in [0.5, 0.6) is 11.5 Å². The van der Waals surface area contributed by atoms with Crippen molar-refractivity contribution in [2.75, 3.05) is 39.9 Å². The maximum Gasteiger partial charge on any atom is 0.337 e. The highest BCUT2D eigenvalue weighted by atomic mass is 16.5. The Morgan fingerprint density at radius 1 is 1.00 bits per heavy atom. The van der Waals surface area contributed by atoms with E-state index < -0.39 is 0 Å². The molecule has 1 aromatic heterocycles. The zero-order valence-corrected chi connectivity index (χ0v) is 25.9. The van der Waals surface area contributed by atoms with Crippen LogP contribution in [-0.4, -0.2) is 77.2 Å². The van der Waals surface area contributed by atoms with Crippen LogP contribution in [-0.2, 0) is 22.6 Å². The topological polar surface area (TPSA) is 86.1 Å². The Morgan fingerprint density at radius 2 is 1.80 bits per heavy atom. The number of hydrogen-bond acceptors (Lipinski definition) is 7. The number of aromatic nitrogens is 2. The van der Waals surface area contributed by atoms with Gasteiger partial charge in [-0.05, 0) is 72.9 Å². The number of carbonyl (C=O) groups is 2. The molecule has 1 atom stereocenters. The summed E-state index contributed by atoms with van der Waals surface area (Å²) in [5, 5.41) is 0. The van der Waals surface area contributed by atoms with Gasteiger partial charge < -0.3 is 23.7 Å². The number of fused-ring (bicyclic) bond motifs is 1. The van der Waals surface area contributed by atoms with Gasteiger partial charge in [-0.25, -0.2) is 9.78 Å². The fraction of sp³-hybridized carbons (Fsp3) is 0.400. The quantitative estimate of drug-likeness (QED) is 0.226. The Labute approximate surface area is 258 Å². The second kappa shape index (κ2) is 12.8. The smallest absolute Gasteiger partial charge is 0.337 e. The number of piperazine rings is 1. The number of rotatable bonds is 9. The predicted molar refractivity (Wildman–Crippen MR) is 168 cm³/mol. The normalized spacial score (nSPS) is 17.1. The fourth-order valence-electron chi connectivity index (χ4n) is 5.83. The third kappa shape index (κ3) is 6.34. The molecule has 230 valence electrons. The summed E-state index contributed by atoms with van der Waals surface area (Å²) >= 11 is 0. The molecule has 3 heterocycles. The first-order valence-corrected chi connectivity index (χ1v) is 15.4. The molecule has 0 unspecified atom stereocenters. The predicted octanol–water partition coefficient (Wildman–Crippen LogP) is 5.79. The number of benzene rings is 3. The molecule has 2 fully saturated rings. The first kappa shape index (κ1) is 29.8. The molecule has 9 heteroatoms. The lowest BCUT2D eigenvalue weighted by Gasteiger charge is -2.35. The average Bonchev–Trinajstić information content (AvgIpc) is 3.35. The minimum absolute atomic E-state index is 0.00619. The second-order valence-corrected chi connectivity index (χ2v) is 12.0. The van der Waals surface area contributed by atoms with E-state index in [1.807, 2.05) is 54.3 Å². The lowest BCUT2D eigenvalue weighted by atomic mass is 10.0. The van der Waals surface area contributed by atoms with E-state index in [-0.39, 0.29) is 18.0 Å². The van der Waals surface area contributed by atoms with Crippen molar-refractivity contribution in [2.24, 2.45) is 0 Å². The van der Waals surface area contributed by atoms with Gasteiger partial charge >= 0.3 is 5.97 Å². The summed E-state index contributed by atoms with van der Waals surface area (Å²) in [7, 11) is 1.39. The van der Waals surface area contributed by atoms with E-state index >= 15 is 0 Å². The number of esters is 1. The Balaban J connectivity index is 1.11. The van der Waals surface area contributed by atoms with Crippen molar-refractivity contribution in [3.05, 3.63) is 88.7 Å². The van der Waals surface area contributed by atoms with Crippen LogP contribution >= 0.6 is 0 Å². The van der Waals surface area contributed by atoms with Crippen LogP contribution in [0.15, 0.2) is 60.7 Å². The van der Waals surface area contributed by atoms with E-state index in [0.29, 0.717) is 49.0 Å². The van der Waals surface area contributed by atoms with Crippen LogP contribution in [0.1, 0.15) is 63.9 Å². The van der Waals surface area contributed by atoms with Crippen molar-refractivity contribution in [2.45, 2.75) is 52.3 Å². The van der Waals surface area contributed by atoms with Gasteiger partial charge in [0.2, 0.25) is 0 Å². The van der Waals surface area contributed by atoms with Crippen LogP contribution in [0.2, 0.25) is 0 Å². The number of imidazole rings is 1. The van der Waals surface area contributed by atoms with E-state index in [1.54, 1.807) is 6.07 Å². The molecule has 0 spiro atoms. The SMILES string of the molecule is COC(=O)c1ccc2nc(CN3CCN(C(=O)c4cccc(Oc5ccc(C(C)C)cc5C)c4)CC3)n(C[C@@H]3CCO3)c2c1. The van der Waals surface area contributed by atoms with Gasteiger partial charge in [-0.3, -0.25) is 9.69 Å². The summed E-state index contributed by atoms with van der Waals surface area (Å²) in [4.78, 5) is 34.8. The molecule has 4 aromatic rings. The minimum atomic E-state index is -0.366. The van der Waals surface area contributed by atoms with E-state index in [2.05, 4.69) is 35.4 Å². The lowest BCUT2D eigenvalue weighted by Crippen LogP contribution is -2.48. The Hall–Kier alpha value is -4.21. The summed E-state index contributed by atoms with van der Waals surface area (Å²) in [6.45, 7) is 11.2. The van der Waals surface area contributed by atoms with Crippen molar-refractivity contribution in [1.29, 1.82) is 0 Å². The standard InChI is InChI=1S/C35H40N4O5/c1-23(2)25-9-11-32(24(3)18-25)44-28-7-5-6-26(19-28)34(40)38-15-13-37(14-16-38)22-33-36-30-10-8-27(35(41)42-4)20-31(30)39(33)21-29-12-17-43-29/h5-11,18-20,23,29H,12-17,21-22H2,1-4H3/t29-/m0/s1. The maximum atomic E-state index is 13.5. The van der Waals surface area contributed by atoms with E-state index in [0.717, 1.165) is 54.3 Å². The molecular weight excluding hydrogens is 556 g/mol. The summed E-state index contributed by atoms with van der Waals surface area (Å²) in [6, 6.07) is 19.2. The van der Waals surface area contributed by atoms with Crippen LogP contribution in [0.3, 0.4) is 0 Å². The van der Waals surface area contributed by atoms with Crippen LogP contribution in [0.25, 0.3) is 11.0 Å². The molecule has 2 saturated heterocycles. The highest BCUT2D eigenvalue weighted by Crippen LogP contribution is 2.29. The Morgan fingerprint density at radius 3 is 2.48 bits per heavy atom. The Kier molecular flexibility index (Phi) is 8.68. The van der Waals surface area contributed by atoms with Crippen LogP contribution in [0, 0.1) is 6.92 Å². The van der Waals surface area contributed by atoms with E-state index in [9.17, 15) is 9.59 Å². The second-order valence-electron chi connectivity index (χ2n) is 12.0. The summed E-state index contributed by atoms with van der Waals surface area (Å²) < 4.78 is 19.0. The molecule has 9 nitrogen and oxygen atoms in total. The first-order valence-electron chi connectivity index (χ1n) is 15.4. The molecule has 6 rings (SSSR count). The number of methoxy groups -OCH3 is 1. The average molecular weight is 597 g/mol. The van der Waals surface area contributed by atoms with E-state index in [1.165, 1.54) is 12.7 Å². The molecule has 0 radical (unpaired) electrons. The number of ether oxygens (including phenoxy) is 3. The molecule has 2 aliphatic rings. The molecule has 1 amide bonds. The number of hydrogen-bond donors (Lipinski definition) is 0. The van der Waals surface area contributed by atoms with Crippen molar-refractivity contribution >= 4 is 22.9 Å². The highest BCUT2D eigenvalue weighted by Gasteiger charge is 2.26. The zero-order valence-electron chi connectivity index (χ0n) is 25.9. The maximum absolute atomic E-state index is 13.5. The van der Waals surface area contributed by atoms with Crippen molar-refractivity contribution < 1.29 is 23.8 Å². The third-order valence-electron chi connectivity index (χ3n) is 8.63. The summed E-state index contributed by atoms with van der Waals surface area (Å²) in [5.41, 5.74) is 5.21. The van der Waals surface area contributed by atoms with Gasteiger partial charge in [0.25, 0.3) is 5.91 Å². The number of carbonyl (C=O) groups excluding carboxylic acids is 2. The number of nitrogens with zero attached hydrogens (tertiary/aromatic N) is 4. The lowest BCUT2D eigenvalue weighted by molar-refractivity contribution is -0.0592. The molecule has 0 aliphatic carbocycles. The molecule has 2 aliphatic heterocycles. The minimum Gasteiger partial charge on any atom is -0.465 e. The van der Waals surface area contributed by atoms with Crippen molar-refractivity contribution in [3.8, 4) is 11.5 Å². The highest BCUT2D eigenvalue weighted by molar-refractivity contribution is 5.95. The first-order chi connectivity index (χ1) is 21.3. The van der Waals surface area contributed by atoms with Gasteiger partial charge in [0.05, 0.1) is 42.9 Å². The molecule has 0 saturated carbocycles. The van der Waals surface area contributed by atoms with Gasteiger partial charge in [-0.15, -0.1) is 0 Å². The fourth-order valence-corrected chi connectivity index (χ4v) is 5.83. The van der Waals surface area contributed by atoms with Crippen molar-refractivity contribution in [3.63, 3.8) is 0 Å². The van der Waals surface area contributed by atoms with Gasteiger partial charge in [0, 0.05) is 38.3 Å². The van der Waals surface area contributed by atoms with E-state index in [4.69, 9.17) is 19.2 Å². The van der Waals surface area contributed by atoms with Crippen LogP contribution in [0.4, 0.5) is 0 Å². The van der Waals surface area contributed by atoms with Crippen molar-refractivity contribution in [1.82, 2.24) is 19.4 Å². The molecule has 0 bridgehead atoms. The molecule has 3 aromatic carbocycles. The summed E-state index contributed by atoms with van der Waals surface area (Å²) in [6.07, 6.45) is 1.15. The Bertz CT molecular complexity index is 1670. The molecular formula is C35H40N4O5. The summed E-state index contributed by atoms with van der Waals surface area (Å²) in [5.74, 6) is 2.47. The van der Waals surface area contributed by atoms with Gasteiger partial charge in [-0.2, -0.15) is 0 Å².